The number of rotatable bonds is 3. The fourth-order valence-corrected chi connectivity index (χ4v) is 3.21. The van der Waals surface area contributed by atoms with Crippen molar-refractivity contribution in [2.75, 3.05) is 5.73 Å². The van der Waals surface area contributed by atoms with Crippen LogP contribution < -0.4 is 5.73 Å². The Hall–Kier alpha value is -0.990. The van der Waals surface area contributed by atoms with Gasteiger partial charge in [0.2, 0.25) is 0 Å². The summed E-state index contributed by atoms with van der Waals surface area (Å²) in [7, 11) is 0. The zero-order valence-electron chi connectivity index (χ0n) is 11.5. The van der Waals surface area contributed by atoms with Crippen molar-refractivity contribution in [2.45, 2.75) is 65.3 Å². The summed E-state index contributed by atoms with van der Waals surface area (Å²) < 4.78 is 2.27. The topological polar surface area (TPSA) is 43.8 Å². The molecule has 1 aliphatic rings. The van der Waals surface area contributed by atoms with E-state index in [0.29, 0.717) is 12.0 Å². The van der Waals surface area contributed by atoms with Crippen LogP contribution in [0.4, 0.5) is 5.82 Å². The molecule has 0 radical (unpaired) electrons. The Kier molecular flexibility index (Phi) is 3.45. The summed E-state index contributed by atoms with van der Waals surface area (Å²) >= 11 is 0. The van der Waals surface area contributed by atoms with Gasteiger partial charge in [0.25, 0.3) is 0 Å². The van der Waals surface area contributed by atoms with E-state index in [9.17, 15) is 0 Å². The van der Waals surface area contributed by atoms with E-state index in [4.69, 9.17) is 10.7 Å². The minimum absolute atomic E-state index is 0.504. The lowest BCUT2D eigenvalue weighted by Crippen LogP contribution is -2.22. The maximum absolute atomic E-state index is 6.31. The van der Waals surface area contributed by atoms with Crippen LogP contribution in [0.2, 0.25) is 0 Å². The third kappa shape index (κ3) is 2.07. The van der Waals surface area contributed by atoms with Crippen LogP contribution in [0.1, 0.15) is 70.4 Å². The van der Waals surface area contributed by atoms with E-state index >= 15 is 0 Å². The van der Waals surface area contributed by atoms with Crippen molar-refractivity contribution in [1.82, 2.24) is 9.55 Å². The Morgan fingerprint density at radius 3 is 2.59 bits per heavy atom. The fraction of sp³-hybridized carbons (Fsp3) is 0.786. The number of nitrogens with zero attached hydrogens (tertiary/aromatic N) is 2. The molecule has 96 valence electrons. The number of imidazole rings is 1. The monoisotopic (exact) mass is 235 g/mol. The second kappa shape index (κ2) is 4.71. The molecule has 0 amide bonds. The molecule has 2 atom stereocenters. The SMILES string of the molecule is CCC(CC)c1nc2n(c1N)C(C)CC(C)C2. The van der Waals surface area contributed by atoms with E-state index in [2.05, 4.69) is 32.3 Å². The molecule has 3 heteroatoms. The van der Waals surface area contributed by atoms with Crippen LogP contribution in [0.25, 0.3) is 0 Å². The number of fused-ring (bicyclic) bond motifs is 1. The highest BCUT2D eigenvalue weighted by Gasteiger charge is 2.28. The second-order valence-corrected chi connectivity index (χ2v) is 5.58. The van der Waals surface area contributed by atoms with E-state index in [1.165, 1.54) is 12.2 Å². The Morgan fingerprint density at radius 2 is 2.00 bits per heavy atom. The normalized spacial score (nSPS) is 24.1. The largest absolute Gasteiger partial charge is 0.384 e. The van der Waals surface area contributed by atoms with E-state index in [0.717, 1.165) is 36.7 Å². The minimum Gasteiger partial charge on any atom is -0.384 e. The zero-order valence-corrected chi connectivity index (χ0v) is 11.5. The van der Waals surface area contributed by atoms with Gasteiger partial charge in [-0.3, -0.25) is 0 Å². The third-order valence-electron chi connectivity index (χ3n) is 4.14. The molecule has 2 unspecified atom stereocenters. The van der Waals surface area contributed by atoms with Crippen LogP contribution in [0.15, 0.2) is 0 Å². The Bertz CT molecular complexity index is 390. The predicted octanol–water partition coefficient (Wildman–Crippen LogP) is 3.51. The molecular weight excluding hydrogens is 210 g/mol. The van der Waals surface area contributed by atoms with Crippen molar-refractivity contribution in [3.8, 4) is 0 Å². The number of hydrogen-bond acceptors (Lipinski definition) is 2. The molecule has 1 aromatic rings. The molecule has 1 aliphatic heterocycles. The van der Waals surface area contributed by atoms with Crippen molar-refractivity contribution in [3.63, 3.8) is 0 Å². The maximum atomic E-state index is 6.31. The molecule has 3 nitrogen and oxygen atoms in total. The van der Waals surface area contributed by atoms with Crippen LogP contribution in [-0.4, -0.2) is 9.55 Å². The molecule has 0 aliphatic carbocycles. The quantitative estimate of drug-likeness (QED) is 0.871. The van der Waals surface area contributed by atoms with Gasteiger partial charge in [0.05, 0.1) is 5.69 Å². The zero-order chi connectivity index (χ0) is 12.6. The van der Waals surface area contributed by atoms with Crippen molar-refractivity contribution in [2.24, 2.45) is 5.92 Å². The molecule has 2 rings (SSSR count). The lowest BCUT2D eigenvalue weighted by molar-refractivity contribution is 0.346. The average Bonchev–Trinajstić information content (AvgIpc) is 2.58. The van der Waals surface area contributed by atoms with Gasteiger partial charge in [-0.15, -0.1) is 0 Å². The summed E-state index contributed by atoms with van der Waals surface area (Å²) in [5.74, 6) is 3.38. The maximum Gasteiger partial charge on any atom is 0.127 e. The molecule has 0 spiro atoms. The summed E-state index contributed by atoms with van der Waals surface area (Å²) in [6.45, 7) is 9.01. The van der Waals surface area contributed by atoms with Gasteiger partial charge in [-0.1, -0.05) is 20.8 Å². The first-order valence-corrected chi connectivity index (χ1v) is 6.94. The second-order valence-electron chi connectivity index (χ2n) is 5.58. The number of nitrogens with two attached hydrogens (primary N) is 1. The predicted molar refractivity (Wildman–Crippen MR) is 72.2 cm³/mol. The molecule has 1 aromatic heterocycles. The fourth-order valence-electron chi connectivity index (χ4n) is 3.21. The van der Waals surface area contributed by atoms with Crippen LogP contribution in [0.5, 0.6) is 0 Å². The molecule has 17 heavy (non-hydrogen) atoms. The van der Waals surface area contributed by atoms with Gasteiger partial charge in [-0.05, 0) is 32.1 Å². The molecule has 0 bridgehead atoms. The van der Waals surface area contributed by atoms with Gasteiger partial charge in [0.1, 0.15) is 11.6 Å². The van der Waals surface area contributed by atoms with Crippen molar-refractivity contribution in [3.05, 3.63) is 11.5 Å². The first-order chi connectivity index (χ1) is 8.08. The van der Waals surface area contributed by atoms with Gasteiger partial charge in [-0.2, -0.15) is 0 Å². The smallest absolute Gasteiger partial charge is 0.127 e. The first kappa shape index (κ1) is 12.5. The van der Waals surface area contributed by atoms with Crippen LogP contribution in [-0.2, 0) is 6.42 Å². The molecule has 0 fully saturated rings. The molecule has 0 aromatic carbocycles. The number of nitrogen functional groups attached to an aromatic ring is 1. The summed E-state index contributed by atoms with van der Waals surface area (Å²) in [5.41, 5.74) is 7.46. The highest BCUT2D eigenvalue weighted by molar-refractivity contribution is 5.42. The minimum atomic E-state index is 0.504. The van der Waals surface area contributed by atoms with E-state index in [1.807, 2.05) is 0 Å². The molecule has 0 saturated carbocycles. The summed E-state index contributed by atoms with van der Waals surface area (Å²) in [5, 5.41) is 0. The van der Waals surface area contributed by atoms with Gasteiger partial charge in [0, 0.05) is 18.4 Å². The first-order valence-electron chi connectivity index (χ1n) is 6.94. The lowest BCUT2D eigenvalue weighted by atomic mass is 9.95. The van der Waals surface area contributed by atoms with Crippen molar-refractivity contribution < 1.29 is 0 Å². The standard InChI is InChI=1S/C14H25N3/c1-5-11(6-2)13-14(15)17-10(4)7-9(3)8-12(17)16-13/h9-11H,5-8,15H2,1-4H3. The number of aromatic nitrogens is 2. The molecular formula is C14H25N3. The van der Waals surface area contributed by atoms with Crippen LogP contribution >= 0.6 is 0 Å². The summed E-state index contributed by atoms with van der Waals surface area (Å²) in [4.78, 5) is 4.83. The van der Waals surface area contributed by atoms with Gasteiger partial charge in [-0.25, -0.2) is 4.98 Å². The average molecular weight is 235 g/mol. The van der Waals surface area contributed by atoms with E-state index < -0.39 is 0 Å². The number of hydrogen-bond donors (Lipinski definition) is 1. The Morgan fingerprint density at radius 1 is 1.35 bits per heavy atom. The Labute approximate surface area is 104 Å². The van der Waals surface area contributed by atoms with Crippen LogP contribution in [0.3, 0.4) is 0 Å². The summed E-state index contributed by atoms with van der Waals surface area (Å²) in [6.07, 6.45) is 4.55. The molecule has 2 heterocycles. The lowest BCUT2D eigenvalue weighted by Gasteiger charge is -2.27. The van der Waals surface area contributed by atoms with Gasteiger partial charge < -0.3 is 10.3 Å². The van der Waals surface area contributed by atoms with Crippen molar-refractivity contribution in [1.29, 1.82) is 0 Å². The Balaban J connectivity index is 2.42. The van der Waals surface area contributed by atoms with E-state index in [-0.39, 0.29) is 0 Å². The van der Waals surface area contributed by atoms with Crippen LogP contribution in [0, 0.1) is 5.92 Å². The van der Waals surface area contributed by atoms with Crippen molar-refractivity contribution >= 4 is 5.82 Å². The van der Waals surface area contributed by atoms with E-state index in [1.54, 1.807) is 0 Å². The highest BCUT2D eigenvalue weighted by atomic mass is 15.2. The molecule has 0 saturated heterocycles. The van der Waals surface area contributed by atoms with Gasteiger partial charge in [0.15, 0.2) is 0 Å². The highest BCUT2D eigenvalue weighted by Crippen LogP contribution is 2.36. The van der Waals surface area contributed by atoms with Gasteiger partial charge >= 0.3 is 0 Å². The third-order valence-corrected chi connectivity index (χ3v) is 4.14. The summed E-state index contributed by atoms with van der Waals surface area (Å²) in [6, 6.07) is 0.504. The number of anilines is 1. The molecule has 2 N–H and O–H groups in total.